The first-order valence-electron chi connectivity index (χ1n) is 6.82. The highest BCUT2D eigenvalue weighted by atomic mass is 79.9. The van der Waals surface area contributed by atoms with Crippen molar-refractivity contribution >= 4 is 27.5 Å². The molecule has 0 radical (unpaired) electrons. The lowest BCUT2D eigenvalue weighted by Crippen LogP contribution is -2.38. The van der Waals surface area contributed by atoms with Crippen molar-refractivity contribution in [1.29, 1.82) is 0 Å². The fraction of sp³-hybridized carbons (Fsp3) is 0.533. The van der Waals surface area contributed by atoms with Crippen LogP contribution in [0, 0.1) is 6.92 Å². The van der Waals surface area contributed by atoms with Gasteiger partial charge in [0.25, 0.3) is 0 Å². The lowest BCUT2D eigenvalue weighted by Gasteiger charge is -2.31. The number of rotatable bonds is 3. The van der Waals surface area contributed by atoms with E-state index < -0.39 is 0 Å². The molecule has 2 rings (SSSR count). The first kappa shape index (κ1) is 14.5. The molecule has 1 unspecified atom stereocenters. The highest BCUT2D eigenvalue weighted by molar-refractivity contribution is 9.10. The first-order valence-corrected chi connectivity index (χ1v) is 7.62. The minimum atomic E-state index is 0.100. The molecule has 1 atom stereocenters. The summed E-state index contributed by atoms with van der Waals surface area (Å²) < 4.78 is 0.942. The zero-order chi connectivity index (χ0) is 13.8. The minimum Gasteiger partial charge on any atom is -0.325 e. The Labute approximate surface area is 123 Å². The molecular formula is C15H21BrN2O. The van der Waals surface area contributed by atoms with Gasteiger partial charge in [-0.3, -0.25) is 4.79 Å². The molecule has 1 aromatic rings. The summed E-state index contributed by atoms with van der Waals surface area (Å²) >= 11 is 3.49. The van der Waals surface area contributed by atoms with E-state index in [1.807, 2.05) is 25.1 Å². The monoisotopic (exact) mass is 324 g/mol. The fourth-order valence-electron chi connectivity index (χ4n) is 2.54. The molecule has 0 bridgehead atoms. The number of benzene rings is 1. The van der Waals surface area contributed by atoms with Crippen molar-refractivity contribution in [3.8, 4) is 0 Å². The summed E-state index contributed by atoms with van der Waals surface area (Å²) in [6, 6.07) is 6.36. The summed E-state index contributed by atoms with van der Waals surface area (Å²) in [5.41, 5.74) is 2.03. The molecule has 1 N–H and O–H groups in total. The van der Waals surface area contributed by atoms with Gasteiger partial charge in [-0.05, 0) is 67.0 Å². The maximum atomic E-state index is 12.1. The molecule has 1 amide bonds. The molecule has 1 saturated heterocycles. The summed E-state index contributed by atoms with van der Waals surface area (Å²) in [5, 5.41) is 2.99. The van der Waals surface area contributed by atoms with E-state index in [9.17, 15) is 4.79 Å². The number of aryl methyl sites for hydroxylation is 1. The van der Waals surface area contributed by atoms with Crippen LogP contribution in [-0.2, 0) is 4.79 Å². The van der Waals surface area contributed by atoms with Crippen molar-refractivity contribution in [1.82, 2.24) is 4.90 Å². The van der Waals surface area contributed by atoms with Gasteiger partial charge < -0.3 is 10.2 Å². The maximum Gasteiger partial charge on any atom is 0.225 e. The van der Waals surface area contributed by atoms with Crippen LogP contribution >= 0.6 is 15.9 Å². The Morgan fingerprint density at radius 1 is 1.47 bits per heavy atom. The lowest BCUT2D eigenvalue weighted by atomic mass is 10.00. The van der Waals surface area contributed by atoms with E-state index in [2.05, 4.69) is 33.2 Å². The standard InChI is InChI=1S/C15H21BrN2O/c1-11-6-7-14(13(16)9-11)17-15(19)10-12-5-3-4-8-18(12)2/h6-7,9,12H,3-5,8,10H2,1-2H3,(H,17,19). The highest BCUT2D eigenvalue weighted by Gasteiger charge is 2.21. The largest absolute Gasteiger partial charge is 0.325 e. The van der Waals surface area contributed by atoms with Crippen LogP contribution in [0.25, 0.3) is 0 Å². The second kappa shape index (κ2) is 6.53. The maximum absolute atomic E-state index is 12.1. The molecule has 1 aliphatic heterocycles. The van der Waals surface area contributed by atoms with E-state index in [4.69, 9.17) is 0 Å². The molecule has 0 saturated carbocycles. The van der Waals surface area contributed by atoms with Crippen molar-refractivity contribution < 1.29 is 4.79 Å². The average Bonchev–Trinajstić information content (AvgIpc) is 2.36. The molecule has 19 heavy (non-hydrogen) atoms. The Kier molecular flexibility index (Phi) is 4.99. The summed E-state index contributed by atoms with van der Waals surface area (Å²) in [7, 11) is 2.11. The van der Waals surface area contributed by atoms with Crippen molar-refractivity contribution in [3.63, 3.8) is 0 Å². The van der Waals surface area contributed by atoms with Crippen molar-refractivity contribution in [2.24, 2.45) is 0 Å². The highest BCUT2D eigenvalue weighted by Crippen LogP contribution is 2.24. The third-order valence-electron chi connectivity index (χ3n) is 3.74. The second-order valence-corrected chi connectivity index (χ2v) is 6.22. The molecule has 1 fully saturated rings. The van der Waals surface area contributed by atoms with Gasteiger partial charge in [0.2, 0.25) is 5.91 Å². The number of anilines is 1. The smallest absolute Gasteiger partial charge is 0.225 e. The van der Waals surface area contributed by atoms with Gasteiger partial charge >= 0.3 is 0 Å². The van der Waals surface area contributed by atoms with E-state index in [0.29, 0.717) is 12.5 Å². The van der Waals surface area contributed by atoms with Crippen molar-refractivity contribution in [2.75, 3.05) is 18.9 Å². The van der Waals surface area contributed by atoms with Crippen molar-refractivity contribution in [2.45, 2.75) is 38.6 Å². The van der Waals surface area contributed by atoms with Crippen LogP contribution in [0.2, 0.25) is 0 Å². The third-order valence-corrected chi connectivity index (χ3v) is 4.40. The number of hydrogen-bond donors (Lipinski definition) is 1. The molecule has 4 heteroatoms. The van der Waals surface area contributed by atoms with Crippen LogP contribution in [-0.4, -0.2) is 30.4 Å². The quantitative estimate of drug-likeness (QED) is 0.921. The Morgan fingerprint density at radius 2 is 2.26 bits per heavy atom. The number of carbonyl (C=O) groups is 1. The minimum absolute atomic E-state index is 0.100. The normalized spacial score (nSPS) is 20.3. The number of carbonyl (C=O) groups excluding carboxylic acids is 1. The number of amides is 1. The van der Waals surface area contributed by atoms with Gasteiger partial charge in [-0.25, -0.2) is 0 Å². The van der Waals surface area contributed by atoms with Gasteiger partial charge in [0.15, 0.2) is 0 Å². The molecular weight excluding hydrogens is 304 g/mol. The first-order chi connectivity index (χ1) is 9.06. The zero-order valence-corrected chi connectivity index (χ0v) is 13.2. The molecule has 1 aliphatic rings. The number of likely N-dealkylation sites (tertiary alicyclic amines) is 1. The fourth-order valence-corrected chi connectivity index (χ4v) is 3.13. The molecule has 1 heterocycles. The van der Waals surface area contributed by atoms with Crippen molar-refractivity contribution in [3.05, 3.63) is 28.2 Å². The molecule has 0 spiro atoms. The van der Waals surface area contributed by atoms with E-state index >= 15 is 0 Å². The van der Waals surface area contributed by atoms with Crippen LogP contribution in [0.5, 0.6) is 0 Å². The van der Waals surface area contributed by atoms with E-state index in [-0.39, 0.29) is 5.91 Å². The number of halogens is 1. The van der Waals surface area contributed by atoms with Crippen LogP contribution in [0.3, 0.4) is 0 Å². The SMILES string of the molecule is Cc1ccc(NC(=O)CC2CCCCN2C)c(Br)c1. The lowest BCUT2D eigenvalue weighted by molar-refractivity contribution is -0.117. The summed E-state index contributed by atoms with van der Waals surface area (Å²) in [6.07, 6.45) is 4.18. The van der Waals surface area contributed by atoms with E-state index in [1.165, 1.54) is 18.4 Å². The van der Waals surface area contributed by atoms with E-state index in [1.54, 1.807) is 0 Å². The zero-order valence-electron chi connectivity index (χ0n) is 11.6. The number of piperidine rings is 1. The van der Waals surface area contributed by atoms with Crippen LogP contribution in [0.1, 0.15) is 31.2 Å². The Morgan fingerprint density at radius 3 is 2.95 bits per heavy atom. The topological polar surface area (TPSA) is 32.3 Å². The van der Waals surface area contributed by atoms with Gasteiger partial charge in [0.05, 0.1) is 5.69 Å². The summed E-state index contributed by atoms with van der Waals surface area (Å²) in [5.74, 6) is 0.100. The molecule has 1 aromatic carbocycles. The Bertz CT molecular complexity index is 461. The predicted octanol–water partition coefficient (Wildman–Crippen LogP) is 3.57. The van der Waals surface area contributed by atoms with Gasteiger partial charge in [0, 0.05) is 16.9 Å². The van der Waals surface area contributed by atoms with Crippen LogP contribution < -0.4 is 5.32 Å². The van der Waals surface area contributed by atoms with Crippen LogP contribution in [0.4, 0.5) is 5.69 Å². The van der Waals surface area contributed by atoms with Gasteiger partial charge in [-0.15, -0.1) is 0 Å². The molecule has 104 valence electrons. The number of nitrogens with one attached hydrogen (secondary N) is 1. The van der Waals surface area contributed by atoms with Crippen LogP contribution in [0.15, 0.2) is 22.7 Å². The molecule has 3 nitrogen and oxygen atoms in total. The molecule has 0 aromatic heterocycles. The summed E-state index contributed by atoms with van der Waals surface area (Å²) in [6.45, 7) is 3.14. The number of nitrogens with zero attached hydrogens (tertiary/aromatic N) is 1. The van der Waals surface area contributed by atoms with Gasteiger partial charge in [-0.1, -0.05) is 12.5 Å². The second-order valence-electron chi connectivity index (χ2n) is 5.37. The van der Waals surface area contributed by atoms with Gasteiger partial charge in [-0.2, -0.15) is 0 Å². The average molecular weight is 325 g/mol. The summed E-state index contributed by atoms with van der Waals surface area (Å²) in [4.78, 5) is 14.4. The van der Waals surface area contributed by atoms with E-state index in [0.717, 1.165) is 23.1 Å². The number of hydrogen-bond acceptors (Lipinski definition) is 2. The third kappa shape index (κ3) is 4.05. The Hall–Kier alpha value is -0.870. The predicted molar refractivity (Wildman–Crippen MR) is 82.4 cm³/mol. The Balaban J connectivity index is 1.93. The molecule has 0 aliphatic carbocycles. The van der Waals surface area contributed by atoms with Gasteiger partial charge in [0.1, 0.15) is 0 Å².